The van der Waals surface area contributed by atoms with E-state index < -0.39 is 17.6 Å². The zero-order valence-corrected chi connectivity index (χ0v) is 19.6. The lowest BCUT2D eigenvalue weighted by molar-refractivity contribution is -0.137. The summed E-state index contributed by atoms with van der Waals surface area (Å²) in [5.41, 5.74) is 1.68. The average molecular weight is 499 g/mol. The molecule has 0 radical (unpaired) electrons. The largest absolute Gasteiger partial charge is 0.416 e. The molecular weight excluding hydrogens is 473 g/mol. The Kier molecular flexibility index (Phi) is 8.31. The highest BCUT2D eigenvalue weighted by Crippen LogP contribution is 2.30. The van der Waals surface area contributed by atoms with Crippen LogP contribution in [0, 0.1) is 6.92 Å². The minimum absolute atomic E-state index is 0.0142. The van der Waals surface area contributed by atoms with Crippen molar-refractivity contribution in [2.45, 2.75) is 26.4 Å². The summed E-state index contributed by atoms with van der Waals surface area (Å²) in [7, 11) is 0. The molecule has 0 heterocycles. The van der Waals surface area contributed by atoms with Crippen LogP contribution >= 0.6 is 0 Å². The number of anilines is 4. The quantitative estimate of drug-likeness (QED) is 0.322. The Morgan fingerprint density at radius 1 is 0.778 bits per heavy atom. The van der Waals surface area contributed by atoms with Crippen LogP contribution in [0.1, 0.15) is 34.8 Å². The van der Waals surface area contributed by atoms with E-state index in [1.165, 1.54) is 24.3 Å². The third-order valence-electron chi connectivity index (χ3n) is 5.23. The summed E-state index contributed by atoms with van der Waals surface area (Å²) in [5, 5.41) is 10.9. The van der Waals surface area contributed by atoms with Gasteiger partial charge in [0.1, 0.15) is 0 Å². The van der Waals surface area contributed by atoms with E-state index in [2.05, 4.69) is 21.3 Å². The molecule has 36 heavy (non-hydrogen) atoms. The van der Waals surface area contributed by atoms with Gasteiger partial charge in [-0.15, -0.1) is 0 Å². The first-order chi connectivity index (χ1) is 17.1. The van der Waals surface area contributed by atoms with Gasteiger partial charge in [-0.05, 0) is 61.0 Å². The van der Waals surface area contributed by atoms with Gasteiger partial charge in [-0.3, -0.25) is 14.4 Å². The normalized spacial score (nSPS) is 10.9. The van der Waals surface area contributed by atoms with Gasteiger partial charge >= 0.3 is 6.18 Å². The summed E-state index contributed by atoms with van der Waals surface area (Å²) < 4.78 is 38.7. The number of carbonyl (C=O) groups excluding carboxylic acids is 3. The molecule has 0 aromatic heterocycles. The topological polar surface area (TPSA) is 99.3 Å². The number of nitrogens with one attached hydrogen (secondary N) is 4. The summed E-state index contributed by atoms with van der Waals surface area (Å²) in [6.45, 7) is 3.41. The molecule has 0 atom stereocenters. The van der Waals surface area contributed by atoms with Crippen LogP contribution in [0.25, 0.3) is 0 Å². The first kappa shape index (κ1) is 26.3. The summed E-state index contributed by atoms with van der Waals surface area (Å²) in [6.07, 6.45) is -4.19. The predicted octanol–water partition coefficient (Wildman–Crippen LogP) is 5.67. The van der Waals surface area contributed by atoms with Crippen molar-refractivity contribution < 1.29 is 27.6 Å². The number of hydrogen-bond donors (Lipinski definition) is 4. The average Bonchev–Trinajstić information content (AvgIpc) is 2.85. The summed E-state index contributed by atoms with van der Waals surface area (Å²) in [6, 6.07) is 15.8. The number of benzene rings is 3. The third kappa shape index (κ3) is 7.08. The fraction of sp³-hybridized carbons (Fsp3) is 0.192. The van der Waals surface area contributed by atoms with E-state index >= 15 is 0 Å². The van der Waals surface area contributed by atoms with Crippen LogP contribution in [0.2, 0.25) is 0 Å². The minimum atomic E-state index is -4.52. The molecule has 3 aromatic rings. The lowest BCUT2D eigenvalue weighted by atomic mass is 10.1. The Morgan fingerprint density at radius 2 is 1.39 bits per heavy atom. The minimum Gasteiger partial charge on any atom is -0.376 e. The Balaban J connectivity index is 1.61. The van der Waals surface area contributed by atoms with Crippen molar-refractivity contribution in [3.63, 3.8) is 0 Å². The van der Waals surface area contributed by atoms with E-state index in [-0.39, 0.29) is 29.6 Å². The number of rotatable bonds is 8. The molecule has 7 nitrogen and oxygen atoms in total. The lowest BCUT2D eigenvalue weighted by Crippen LogP contribution is -2.22. The van der Waals surface area contributed by atoms with Gasteiger partial charge < -0.3 is 21.3 Å². The molecule has 0 spiro atoms. The summed E-state index contributed by atoms with van der Waals surface area (Å²) in [5.74, 6) is -1.08. The van der Waals surface area contributed by atoms with Gasteiger partial charge in [-0.1, -0.05) is 25.1 Å². The molecule has 0 saturated heterocycles. The van der Waals surface area contributed by atoms with Gasteiger partial charge in [-0.25, -0.2) is 0 Å². The molecule has 0 aliphatic heterocycles. The Bertz CT molecular complexity index is 1280. The number of hydrogen-bond acceptors (Lipinski definition) is 4. The fourth-order valence-corrected chi connectivity index (χ4v) is 3.27. The monoisotopic (exact) mass is 498 g/mol. The number of carbonyl (C=O) groups is 3. The molecule has 188 valence electrons. The Morgan fingerprint density at radius 3 is 2.06 bits per heavy atom. The van der Waals surface area contributed by atoms with E-state index in [0.29, 0.717) is 29.0 Å². The van der Waals surface area contributed by atoms with E-state index in [1.807, 2.05) is 0 Å². The van der Waals surface area contributed by atoms with E-state index in [9.17, 15) is 27.6 Å². The fourth-order valence-electron chi connectivity index (χ4n) is 3.27. The first-order valence-electron chi connectivity index (χ1n) is 11.1. The molecule has 3 amide bonds. The number of halogens is 3. The highest BCUT2D eigenvalue weighted by atomic mass is 19.4. The molecule has 0 aliphatic carbocycles. The number of amides is 3. The molecule has 0 unspecified atom stereocenters. The maximum absolute atomic E-state index is 12.9. The van der Waals surface area contributed by atoms with Crippen molar-refractivity contribution in [1.29, 1.82) is 0 Å². The van der Waals surface area contributed by atoms with Crippen molar-refractivity contribution in [1.82, 2.24) is 0 Å². The molecule has 0 bridgehead atoms. The smallest absolute Gasteiger partial charge is 0.376 e. The molecule has 0 aliphatic rings. The van der Waals surface area contributed by atoms with Crippen LogP contribution in [-0.2, 0) is 15.8 Å². The van der Waals surface area contributed by atoms with Crippen molar-refractivity contribution in [3.05, 3.63) is 83.4 Å². The van der Waals surface area contributed by atoms with Crippen molar-refractivity contribution in [2.24, 2.45) is 0 Å². The highest BCUT2D eigenvalue weighted by molar-refractivity contribution is 6.05. The molecule has 10 heteroatoms. The van der Waals surface area contributed by atoms with Gasteiger partial charge in [-0.2, -0.15) is 13.2 Å². The Labute approximate surface area is 206 Å². The van der Waals surface area contributed by atoms with E-state index in [1.54, 1.807) is 44.2 Å². The second kappa shape index (κ2) is 11.4. The SMILES string of the molecule is CCC(=O)Nc1cccc(NC(=O)CNc2cccc(C(=O)Nc3cccc(C(F)(F)F)c3)c2)c1C. The van der Waals surface area contributed by atoms with Crippen molar-refractivity contribution in [2.75, 3.05) is 27.8 Å². The highest BCUT2D eigenvalue weighted by Gasteiger charge is 2.30. The molecule has 3 rings (SSSR count). The van der Waals surface area contributed by atoms with Crippen LogP contribution in [0.15, 0.2) is 66.7 Å². The predicted molar refractivity (Wildman–Crippen MR) is 133 cm³/mol. The lowest BCUT2D eigenvalue weighted by Gasteiger charge is -2.14. The molecular formula is C26H25F3N4O3. The molecule has 0 saturated carbocycles. The van der Waals surface area contributed by atoms with Crippen molar-refractivity contribution >= 4 is 40.5 Å². The number of alkyl halides is 3. The second-order valence-corrected chi connectivity index (χ2v) is 7.90. The summed E-state index contributed by atoms with van der Waals surface area (Å²) in [4.78, 5) is 36.7. The summed E-state index contributed by atoms with van der Waals surface area (Å²) >= 11 is 0. The van der Waals surface area contributed by atoms with Gasteiger partial charge in [0.05, 0.1) is 12.1 Å². The van der Waals surface area contributed by atoms with Crippen LogP contribution in [0.3, 0.4) is 0 Å². The van der Waals surface area contributed by atoms with Crippen molar-refractivity contribution in [3.8, 4) is 0 Å². The van der Waals surface area contributed by atoms with Crippen LogP contribution in [0.5, 0.6) is 0 Å². The maximum atomic E-state index is 12.9. The third-order valence-corrected chi connectivity index (χ3v) is 5.23. The van der Waals surface area contributed by atoms with Crippen LogP contribution in [-0.4, -0.2) is 24.3 Å². The van der Waals surface area contributed by atoms with E-state index in [0.717, 1.165) is 12.1 Å². The zero-order chi connectivity index (χ0) is 26.3. The molecule has 4 N–H and O–H groups in total. The molecule has 0 fully saturated rings. The second-order valence-electron chi connectivity index (χ2n) is 7.90. The van der Waals surface area contributed by atoms with Gasteiger partial charge in [0, 0.05) is 34.7 Å². The molecule has 3 aromatic carbocycles. The zero-order valence-electron chi connectivity index (χ0n) is 19.6. The maximum Gasteiger partial charge on any atom is 0.416 e. The Hall–Kier alpha value is -4.34. The first-order valence-corrected chi connectivity index (χ1v) is 11.1. The van der Waals surface area contributed by atoms with Crippen LogP contribution < -0.4 is 21.3 Å². The van der Waals surface area contributed by atoms with Gasteiger partial charge in [0.2, 0.25) is 11.8 Å². The standard InChI is InChI=1S/C26H25F3N4O3/c1-3-23(34)32-21-11-6-12-22(16(21)2)33-24(35)15-30-19-9-4-7-17(13-19)25(36)31-20-10-5-8-18(14-20)26(27,28)29/h4-14,30H,3,15H2,1-2H3,(H,31,36)(H,32,34)(H,33,35). The van der Waals surface area contributed by atoms with Crippen LogP contribution in [0.4, 0.5) is 35.9 Å². The van der Waals surface area contributed by atoms with E-state index in [4.69, 9.17) is 0 Å². The van der Waals surface area contributed by atoms with Gasteiger partial charge in [0.25, 0.3) is 5.91 Å². The van der Waals surface area contributed by atoms with Gasteiger partial charge in [0.15, 0.2) is 0 Å².